The Morgan fingerprint density at radius 2 is 1.85 bits per heavy atom. The third-order valence-corrected chi connectivity index (χ3v) is 4.05. The molecule has 1 heterocycles. The largest absolute Gasteiger partial charge is 0.480 e. The molecule has 0 saturated carbocycles. The summed E-state index contributed by atoms with van der Waals surface area (Å²) in [7, 11) is 3.72. The molecule has 2 amide bonds. The second-order valence-corrected chi connectivity index (χ2v) is 6.52. The van der Waals surface area contributed by atoms with Gasteiger partial charge in [0.1, 0.15) is 13.3 Å². The Bertz CT molecular complexity index is 753. The number of nitrogens with zero attached hydrogens (tertiary/aromatic N) is 3. The lowest BCUT2D eigenvalue weighted by Gasteiger charge is -2.25. The first-order valence-electron chi connectivity index (χ1n) is 7.56. The van der Waals surface area contributed by atoms with Crippen molar-refractivity contribution in [2.45, 2.75) is 0 Å². The lowest BCUT2D eigenvalue weighted by molar-refractivity contribution is -0.137. The minimum atomic E-state index is -2.45. The van der Waals surface area contributed by atoms with Crippen LogP contribution in [0, 0.1) is 0 Å². The number of aliphatic carboxylic acids is 1. The Labute approximate surface area is 152 Å². The first-order chi connectivity index (χ1) is 12.2. The fourth-order valence-electron chi connectivity index (χ4n) is 2.45. The van der Waals surface area contributed by atoms with Crippen LogP contribution < -0.4 is 4.90 Å². The van der Waals surface area contributed by atoms with Crippen LogP contribution in [0.1, 0.15) is 20.7 Å². The van der Waals surface area contributed by atoms with Gasteiger partial charge < -0.3 is 14.9 Å². The van der Waals surface area contributed by atoms with Crippen molar-refractivity contribution in [3.63, 3.8) is 0 Å². The minimum Gasteiger partial charge on any atom is -0.480 e. The van der Waals surface area contributed by atoms with Crippen molar-refractivity contribution in [1.82, 2.24) is 9.80 Å². The standard InChI is InChI=1S/C15H19N3O7S/c1-16(2)5-6-17(9-25-26(23)24)10-3-4-11-12(7-10)15(22)18(14(11)21)8-13(19)20/h3-4,7H,5-6,8-9H2,1-2H3,(H,19,20)(H,23,24). The summed E-state index contributed by atoms with van der Waals surface area (Å²) in [6.45, 7) is 0.135. The predicted octanol–water partition coefficient (Wildman–Crippen LogP) is -0.154. The summed E-state index contributed by atoms with van der Waals surface area (Å²) in [5, 5.41) is 8.85. The summed E-state index contributed by atoms with van der Waals surface area (Å²) < 4.78 is 24.3. The number of carbonyl (C=O) groups is 3. The number of carbonyl (C=O) groups excluding carboxylic acids is 2. The van der Waals surface area contributed by atoms with Gasteiger partial charge in [-0.05, 0) is 32.3 Å². The molecule has 1 aromatic rings. The Hall–Kier alpha value is -2.34. The van der Waals surface area contributed by atoms with Gasteiger partial charge in [0.05, 0.1) is 11.1 Å². The van der Waals surface area contributed by atoms with Gasteiger partial charge in [-0.2, -0.15) is 4.21 Å². The molecule has 1 unspecified atom stereocenters. The van der Waals surface area contributed by atoms with E-state index in [-0.39, 0.29) is 17.9 Å². The average Bonchev–Trinajstić information content (AvgIpc) is 2.78. The van der Waals surface area contributed by atoms with Gasteiger partial charge in [0, 0.05) is 18.8 Å². The van der Waals surface area contributed by atoms with E-state index in [1.54, 1.807) is 11.0 Å². The number of amides is 2. The number of imide groups is 1. The van der Waals surface area contributed by atoms with Gasteiger partial charge in [-0.25, -0.2) is 4.18 Å². The highest BCUT2D eigenvalue weighted by Gasteiger charge is 2.37. The molecular formula is C15H19N3O7S. The number of likely N-dealkylation sites (N-methyl/N-ethyl adjacent to an activating group) is 1. The molecule has 142 valence electrons. The number of carboxylic acid groups (broad SMARTS) is 1. The molecule has 10 nitrogen and oxygen atoms in total. The number of hydrogen-bond donors (Lipinski definition) is 2. The predicted molar refractivity (Wildman–Crippen MR) is 92.1 cm³/mol. The summed E-state index contributed by atoms with van der Waals surface area (Å²) in [5.74, 6) is -2.63. The van der Waals surface area contributed by atoms with Crippen LogP contribution >= 0.6 is 0 Å². The number of carboxylic acids is 1. The van der Waals surface area contributed by atoms with E-state index < -0.39 is 35.7 Å². The molecule has 1 aliphatic rings. The number of rotatable bonds is 9. The maximum absolute atomic E-state index is 12.3. The van der Waals surface area contributed by atoms with Crippen molar-refractivity contribution < 1.29 is 32.4 Å². The Morgan fingerprint density at radius 1 is 1.19 bits per heavy atom. The van der Waals surface area contributed by atoms with E-state index in [0.717, 1.165) is 0 Å². The molecule has 1 aromatic carbocycles. The van der Waals surface area contributed by atoms with E-state index in [4.69, 9.17) is 13.8 Å². The molecular weight excluding hydrogens is 366 g/mol. The highest BCUT2D eigenvalue weighted by molar-refractivity contribution is 7.74. The van der Waals surface area contributed by atoms with Crippen molar-refractivity contribution in [2.24, 2.45) is 0 Å². The SMILES string of the molecule is CN(C)CCN(COS(=O)O)c1ccc2c(c1)C(=O)N(CC(=O)O)C2=O. The van der Waals surface area contributed by atoms with E-state index in [1.165, 1.54) is 12.1 Å². The molecule has 2 rings (SSSR count). The molecule has 0 aromatic heterocycles. The van der Waals surface area contributed by atoms with E-state index in [1.807, 2.05) is 19.0 Å². The fourth-order valence-corrected chi connectivity index (χ4v) is 2.67. The second kappa shape index (κ2) is 8.36. The van der Waals surface area contributed by atoms with Crippen molar-refractivity contribution in [1.29, 1.82) is 0 Å². The first kappa shape index (κ1) is 20.0. The van der Waals surface area contributed by atoms with E-state index in [9.17, 15) is 18.6 Å². The summed E-state index contributed by atoms with van der Waals surface area (Å²) in [6.07, 6.45) is 0. The van der Waals surface area contributed by atoms with E-state index >= 15 is 0 Å². The summed E-state index contributed by atoms with van der Waals surface area (Å²) in [4.78, 5) is 39.6. The fraction of sp³-hybridized carbons (Fsp3) is 0.400. The molecule has 0 spiro atoms. The summed E-state index contributed by atoms with van der Waals surface area (Å²) >= 11 is -2.45. The zero-order valence-electron chi connectivity index (χ0n) is 14.2. The molecule has 1 atom stereocenters. The zero-order chi connectivity index (χ0) is 19.4. The summed E-state index contributed by atoms with van der Waals surface area (Å²) in [5.41, 5.74) is 0.724. The number of benzene rings is 1. The molecule has 0 saturated heterocycles. The van der Waals surface area contributed by atoms with Crippen molar-refractivity contribution in [3.8, 4) is 0 Å². The zero-order valence-corrected chi connectivity index (χ0v) is 15.1. The highest BCUT2D eigenvalue weighted by atomic mass is 32.2. The van der Waals surface area contributed by atoms with Crippen LogP contribution in [0.2, 0.25) is 0 Å². The number of fused-ring (bicyclic) bond motifs is 1. The van der Waals surface area contributed by atoms with E-state index in [2.05, 4.69) is 0 Å². The van der Waals surface area contributed by atoms with Crippen LogP contribution in [0.15, 0.2) is 18.2 Å². The molecule has 0 aliphatic carbocycles. The van der Waals surface area contributed by atoms with Crippen molar-refractivity contribution in [2.75, 3.05) is 45.4 Å². The molecule has 0 fully saturated rings. The van der Waals surface area contributed by atoms with Gasteiger partial charge in [0.2, 0.25) is 0 Å². The smallest absolute Gasteiger partial charge is 0.323 e. The van der Waals surface area contributed by atoms with Crippen molar-refractivity contribution >= 4 is 34.8 Å². The summed E-state index contributed by atoms with van der Waals surface area (Å²) in [6, 6.07) is 4.47. The Balaban J connectivity index is 2.28. The molecule has 26 heavy (non-hydrogen) atoms. The van der Waals surface area contributed by atoms with Gasteiger partial charge in [0.15, 0.2) is 0 Å². The quantitative estimate of drug-likeness (QED) is 0.339. The Morgan fingerprint density at radius 3 is 2.42 bits per heavy atom. The lowest BCUT2D eigenvalue weighted by atomic mass is 10.1. The van der Waals surface area contributed by atoms with Crippen LogP contribution in [-0.4, -0.2) is 81.9 Å². The van der Waals surface area contributed by atoms with Crippen molar-refractivity contribution in [3.05, 3.63) is 29.3 Å². The third-order valence-electron chi connectivity index (χ3n) is 3.74. The molecule has 11 heteroatoms. The maximum atomic E-state index is 12.3. The van der Waals surface area contributed by atoms with Gasteiger partial charge in [-0.15, -0.1) is 0 Å². The number of hydrogen-bond acceptors (Lipinski definition) is 7. The maximum Gasteiger partial charge on any atom is 0.323 e. The molecule has 0 radical (unpaired) electrons. The minimum absolute atomic E-state index is 0.0914. The normalized spacial score (nSPS) is 14.7. The molecule has 0 bridgehead atoms. The lowest BCUT2D eigenvalue weighted by Crippen LogP contribution is -2.34. The average molecular weight is 385 g/mol. The second-order valence-electron chi connectivity index (χ2n) is 5.85. The molecule has 1 aliphatic heterocycles. The van der Waals surface area contributed by atoms with E-state index in [0.29, 0.717) is 23.7 Å². The molecule has 2 N–H and O–H groups in total. The van der Waals surface area contributed by atoms with Crippen LogP contribution in [0.5, 0.6) is 0 Å². The third kappa shape index (κ3) is 4.64. The Kier molecular flexibility index (Phi) is 6.42. The highest BCUT2D eigenvalue weighted by Crippen LogP contribution is 2.27. The monoisotopic (exact) mass is 385 g/mol. The van der Waals surface area contributed by atoms with Gasteiger partial charge in [-0.1, -0.05) is 0 Å². The topological polar surface area (TPSA) is 128 Å². The van der Waals surface area contributed by atoms with Crippen LogP contribution in [0.4, 0.5) is 5.69 Å². The number of anilines is 1. The van der Waals surface area contributed by atoms with Crippen LogP contribution in [0.25, 0.3) is 0 Å². The van der Waals surface area contributed by atoms with Gasteiger partial charge in [0.25, 0.3) is 11.8 Å². The van der Waals surface area contributed by atoms with Gasteiger partial charge in [-0.3, -0.25) is 23.8 Å². The van der Waals surface area contributed by atoms with Gasteiger partial charge >= 0.3 is 17.3 Å². The first-order valence-corrected chi connectivity index (χ1v) is 8.59. The van der Waals surface area contributed by atoms with Crippen LogP contribution in [-0.2, 0) is 20.3 Å². The van der Waals surface area contributed by atoms with Crippen LogP contribution in [0.3, 0.4) is 0 Å².